The van der Waals surface area contributed by atoms with Crippen LogP contribution in [0.2, 0.25) is 0 Å². The van der Waals surface area contributed by atoms with Gasteiger partial charge in [-0.05, 0) is 49.3 Å². The van der Waals surface area contributed by atoms with Crippen molar-refractivity contribution in [3.05, 3.63) is 110 Å². The summed E-state index contributed by atoms with van der Waals surface area (Å²) in [6, 6.07) is 0. The molecule has 0 aromatic heterocycles. The topological polar surface area (TPSA) is 0 Å². The van der Waals surface area contributed by atoms with Crippen LogP contribution in [-0.4, -0.2) is 41.6 Å². The molecule has 0 aliphatic carbocycles. The highest BCUT2D eigenvalue weighted by atomic mass is 32.3. The Morgan fingerprint density at radius 3 is 0.964 bits per heavy atom. The average Bonchev–Trinajstić information content (AvgIpc) is 4.05. The molecule has 0 aromatic carbocycles. The fraction of sp³-hybridized carbons (Fsp3) is 0.226. The normalized spacial score (nSPS) is 24.5. The maximum Gasteiger partial charge on any atom is 0.0718 e. The molecule has 0 bridgehead atoms. The van der Waals surface area contributed by atoms with Crippen LogP contribution in [0.3, 0.4) is 0 Å². The molecule has 0 nitrogen and oxygen atoms in total. The van der Waals surface area contributed by atoms with Gasteiger partial charge in [-0.2, -0.15) is 25.3 Å². The van der Waals surface area contributed by atoms with Crippen LogP contribution in [0.15, 0.2) is 110 Å². The van der Waals surface area contributed by atoms with E-state index in [2.05, 4.69) is 74.6 Å². The monoisotopic (exact) mass is 1160 g/mol. The zero-order valence-electron chi connectivity index (χ0n) is 28.3. The van der Waals surface area contributed by atoms with E-state index in [0.29, 0.717) is 0 Å². The van der Waals surface area contributed by atoms with Gasteiger partial charge in [0.1, 0.15) is 0 Å². The van der Waals surface area contributed by atoms with Gasteiger partial charge in [0.25, 0.3) is 0 Å². The quantitative estimate of drug-likeness (QED) is 0.141. The van der Waals surface area contributed by atoms with Gasteiger partial charge in [0.15, 0.2) is 0 Å². The molecule has 24 heteroatoms. The average molecular weight is 1170 g/mol. The second-order valence-corrected chi connectivity index (χ2v) is 37.6. The first-order chi connectivity index (χ1) is 26.9. The summed E-state index contributed by atoms with van der Waals surface area (Å²) in [5.41, 5.74) is 0. The minimum Gasteiger partial charge on any atom is -0.174 e. The van der Waals surface area contributed by atoms with Crippen molar-refractivity contribution in [1.29, 1.82) is 0 Å². The molecule has 0 N–H and O–H groups in total. The fourth-order valence-corrected chi connectivity index (χ4v) is 36.8. The molecular formula is C31H24S24. The first-order valence-electron chi connectivity index (χ1n) is 15.1. The Kier molecular flexibility index (Phi) is 19.3. The van der Waals surface area contributed by atoms with Gasteiger partial charge in [0.2, 0.25) is 0 Å². The van der Waals surface area contributed by atoms with Crippen LogP contribution in [0, 0.1) is 0 Å². The van der Waals surface area contributed by atoms with Crippen molar-refractivity contribution in [3.63, 3.8) is 0 Å². The number of allylic oxidation sites excluding steroid dienone is 4. The molecule has 8 heterocycles. The van der Waals surface area contributed by atoms with Gasteiger partial charge in [-0.1, -0.05) is 188 Å². The third-order valence-electron chi connectivity index (χ3n) is 6.69. The zero-order valence-corrected chi connectivity index (χ0v) is 48.1. The minimum atomic E-state index is 0.792. The lowest BCUT2D eigenvalue weighted by atomic mass is 10.6. The molecule has 0 atom stereocenters. The minimum absolute atomic E-state index is 0.792. The molecule has 8 rings (SSSR count). The predicted molar refractivity (Wildman–Crippen MR) is 312 cm³/mol. The largest absolute Gasteiger partial charge is 0.174 e. The summed E-state index contributed by atoms with van der Waals surface area (Å²) in [6.07, 6.45) is 18.1. The van der Waals surface area contributed by atoms with Gasteiger partial charge < -0.3 is 0 Å². The van der Waals surface area contributed by atoms with Crippen molar-refractivity contribution in [2.75, 3.05) is 41.6 Å². The molecule has 8 aliphatic rings. The summed E-state index contributed by atoms with van der Waals surface area (Å²) in [4.78, 5) is 2.71. The molecule has 0 saturated carbocycles. The van der Waals surface area contributed by atoms with Crippen molar-refractivity contribution in [2.45, 2.75) is 0 Å². The van der Waals surface area contributed by atoms with Gasteiger partial charge in [-0.25, -0.2) is 0 Å². The fourth-order valence-electron chi connectivity index (χ4n) is 4.34. The third-order valence-corrected chi connectivity index (χ3v) is 38.4. The van der Waals surface area contributed by atoms with Crippen LogP contribution in [0.1, 0.15) is 0 Å². The molecule has 0 saturated heterocycles. The van der Waals surface area contributed by atoms with Crippen LogP contribution < -0.4 is 0 Å². The molecule has 0 radical (unpaired) electrons. The Hall–Kier alpha value is 5.28. The maximum atomic E-state index is 4.54. The molecule has 0 amide bonds. The Morgan fingerprint density at radius 2 is 0.618 bits per heavy atom. The smallest absolute Gasteiger partial charge is 0.0718 e. The molecule has 8 aliphatic heterocycles. The van der Waals surface area contributed by atoms with Crippen molar-refractivity contribution in [3.8, 4) is 0 Å². The maximum absolute atomic E-state index is 4.54. The summed E-state index contributed by atoms with van der Waals surface area (Å²) in [7, 11) is 0. The van der Waals surface area contributed by atoms with E-state index in [4.69, 9.17) is 0 Å². The summed E-state index contributed by atoms with van der Waals surface area (Å²) >= 11 is 51.5. The van der Waals surface area contributed by atoms with Gasteiger partial charge in [0.05, 0.1) is 76.3 Å². The van der Waals surface area contributed by atoms with Gasteiger partial charge in [-0.3, -0.25) is 0 Å². The molecule has 0 unspecified atom stereocenters. The first-order valence-corrected chi connectivity index (χ1v) is 36.3. The van der Waals surface area contributed by atoms with E-state index >= 15 is 0 Å². The number of hydrogen-bond acceptors (Lipinski definition) is 24. The van der Waals surface area contributed by atoms with Crippen molar-refractivity contribution >= 4 is 284 Å². The van der Waals surface area contributed by atoms with E-state index in [1.54, 1.807) is 0 Å². The Bertz CT molecular complexity index is 1820. The lowest BCUT2D eigenvalue weighted by Gasteiger charge is -2.05. The predicted octanol–water partition coefficient (Wildman–Crippen LogP) is 20.0. The lowest BCUT2D eigenvalue weighted by Crippen LogP contribution is -1.80. The summed E-state index contributed by atoms with van der Waals surface area (Å²) in [5, 5.41) is 1.02. The SMILES string of the molecule is CSC1=C(SC)SC(=C2SC3=C(SC(=C/C=C4\SC(SC)=C(SCSC5=C(SC)S/C(=C/C=C6SC7=C(S6)SC(=C6SC(CS)=C(CS)S6)S7)S5)S4)S3)S2)S1. The summed E-state index contributed by atoms with van der Waals surface area (Å²) < 4.78 is 25.6. The van der Waals surface area contributed by atoms with E-state index in [9.17, 15) is 0 Å². The summed E-state index contributed by atoms with van der Waals surface area (Å²) in [6.45, 7) is 0. The van der Waals surface area contributed by atoms with Crippen molar-refractivity contribution in [1.82, 2.24) is 0 Å². The van der Waals surface area contributed by atoms with Crippen LogP contribution in [0.4, 0.5) is 0 Å². The zero-order chi connectivity index (χ0) is 38.1. The van der Waals surface area contributed by atoms with Gasteiger partial charge in [0, 0.05) is 26.4 Å². The summed E-state index contributed by atoms with van der Waals surface area (Å²) in [5.74, 6) is 1.58. The third kappa shape index (κ3) is 11.6. The molecule has 0 aromatic rings. The molecule has 0 fully saturated rings. The van der Waals surface area contributed by atoms with E-state index in [-0.39, 0.29) is 0 Å². The van der Waals surface area contributed by atoms with E-state index < -0.39 is 0 Å². The Labute approximate surface area is 428 Å². The highest BCUT2D eigenvalue weighted by Crippen LogP contribution is 2.72. The highest BCUT2D eigenvalue weighted by molar-refractivity contribution is 8.51. The standard InChI is InChI=1S/C31H24S24/c1-34-18-19(35-2)51-30(50-18)31-54-27-28(55-31)49-17(48-27)8-6-15-43-21(37-4)23(45-15)39-11-38-22-20(36-3)42-14(44-22)5-7-16-46-25-26(47-16)53-29(52-25)24-40-12(9-32)13(10-33)41-24/h5-8,32-33H,9-11H2,1-4H3/b14-5-,15-6+. The van der Waals surface area contributed by atoms with Crippen LogP contribution in [0.25, 0.3) is 0 Å². The van der Waals surface area contributed by atoms with Crippen LogP contribution >= 0.6 is 284 Å². The molecule has 0 spiro atoms. The van der Waals surface area contributed by atoms with Crippen molar-refractivity contribution in [2.24, 2.45) is 0 Å². The van der Waals surface area contributed by atoms with E-state index in [1.807, 2.05) is 259 Å². The van der Waals surface area contributed by atoms with Crippen LogP contribution in [-0.2, 0) is 0 Å². The molecule has 292 valence electrons. The van der Waals surface area contributed by atoms with E-state index in [0.717, 1.165) is 16.6 Å². The number of rotatable bonds is 12. The van der Waals surface area contributed by atoms with Crippen LogP contribution in [0.5, 0.6) is 0 Å². The Balaban J connectivity index is 0.789. The number of thioether (sulfide) groups is 22. The number of thiol groups is 2. The van der Waals surface area contributed by atoms with Gasteiger partial charge in [-0.15, -0.1) is 70.6 Å². The Morgan fingerprint density at radius 1 is 0.345 bits per heavy atom. The van der Waals surface area contributed by atoms with Crippen molar-refractivity contribution < 1.29 is 0 Å². The first kappa shape index (κ1) is 46.8. The molecular weight excluding hydrogens is 1140 g/mol. The lowest BCUT2D eigenvalue weighted by molar-refractivity contribution is 1.61. The van der Waals surface area contributed by atoms with E-state index in [1.165, 1.54) is 86.1 Å². The second kappa shape index (κ2) is 22.7. The highest BCUT2D eigenvalue weighted by Gasteiger charge is 2.36. The molecule has 55 heavy (non-hydrogen) atoms. The van der Waals surface area contributed by atoms with Gasteiger partial charge >= 0.3 is 0 Å². The number of hydrogen-bond donors (Lipinski definition) is 2. The second-order valence-electron chi connectivity index (χ2n) is 9.99.